The zero-order valence-corrected chi connectivity index (χ0v) is 14.1. The fraction of sp³-hybridized carbons (Fsp3) is 0.105. The third-order valence-corrected chi connectivity index (χ3v) is 4.04. The second kappa shape index (κ2) is 6.72. The van der Waals surface area contributed by atoms with Crippen molar-refractivity contribution in [2.45, 2.75) is 13.5 Å². The van der Waals surface area contributed by atoms with Gasteiger partial charge in [0.2, 0.25) is 0 Å². The van der Waals surface area contributed by atoms with E-state index in [-0.39, 0.29) is 11.6 Å². The van der Waals surface area contributed by atoms with Gasteiger partial charge in [-0.25, -0.2) is 15.0 Å². The largest absolute Gasteiger partial charge is 0.346 e. The highest BCUT2D eigenvalue weighted by Gasteiger charge is 2.12. The van der Waals surface area contributed by atoms with Gasteiger partial charge in [0, 0.05) is 30.7 Å². The van der Waals surface area contributed by atoms with Crippen molar-refractivity contribution in [3.63, 3.8) is 0 Å². The van der Waals surface area contributed by atoms with Gasteiger partial charge in [-0.3, -0.25) is 14.3 Å². The summed E-state index contributed by atoms with van der Waals surface area (Å²) in [6, 6.07) is 11.2. The molecular formula is C19H16N6O. The summed E-state index contributed by atoms with van der Waals surface area (Å²) in [5, 5.41) is 2.89. The fourth-order valence-corrected chi connectivity index (χ4v) is 2.72. The number of amides is 1. The minimum Gasteiger partial charge on any atom is -0.346 e. The summed E-state index contributed by atoms with van der Waals surface area (Å²) >= 11 is 0. The molecule has 0 saturated carbocycles. The lowest BCUT2D eigenvalue weighted by atomic mass is 10.2. The van der Waals surface area contributed by atoms with Crippen molar-refractivity contribution in [3.8, 4) is 5.82 Å². The van der Waals surface area contributed by atoms with Crippen molar-refractivity contribution < 1.29 is 4.79 Å². The normalized spacial score (nSPS) is 10.8. The number of benzene rings is 1. The third kappa shape index (κ3) is 3.02. The van der Waals surface area contributed by atoms with E-state index in [9.17, 15) is 4.79 Å². The Balaban J connectivity index is 1.55. The van der Waals surface area contributed by atoms with E-state index >= 15 is 0 Å². The monoisotopic (exact) mass is 344 g/mol. The molecule has 1 N–H and O–H groups in total. The first-order valence-electron chi connectivity index (χ1n) is 8.16. The van der Waals surface area contributed by atoms with Gasteiger partial charge in [-0.05, 0) is 25.1 Å². The van der Waals surface area contributed by atoms with Crippen molar-refractivity contribution in [2.75, 3.05) is 0 Å². The van der Waals surface area contributed by atoms with Crippen LogP contribution in [-0.4, -0.2) is 30.4 Å². The van der Waals surface area contributed by atoms with Crippen LogP contribution in [-0.2, 0) is 6.54 Å². The molecule has 0 bridgehead atoms. The average Bonchev–Trinajstić information content (AvgIpc) is 3.11. The first-order valence-corrected chi connectivity index (χ1v) is 8.16. The summed E-state index contributed by atoms with van der Waals surface area (Å²) in [6.07, 6.45) is 6.77. The Labute approximate surface area is 149 Å². The van der Waals surface area contributed by atoms with Gasteiger partial charge in [-0.1, -0.05) is 18.2 Å². The molecule has 0 saturated heterocycles. The van der Waals surface area contributed by atoms with Crippen molar-refractivity contribution in [1.29, 1.82) is 0 Å². The third-order valence-electron chi connectivity index (χ3n) is 4.04. The van der Waals surface area contributed by atoms with Gasteiger partial charge in [0.05, 0.1) is 17.2 Å². The molecule has 4 rings (SSSR count). The number of imidazole rings is 1. The lowest BCUT2D eigenvalue weighted by molar-refractivity contribution is 0.0946. The predicted octanol–water partition coefficient (Wildman–Crippen LogP) is 2.45. The lowest BCUT2D eigenvalue weighted by Gasteiger charge is -2.11. The number of para-hydroxylation sites is 2. The summed E-state index contributed by atoms with van der Waals surface area (Å²) in [6.45, 7) is 2.23. The van der Waals surface area contributed by atoms with Gasteiger partial charge in [0.1, 0.15) is 17.3 Å². The number of aromatic nitrogens is 5. The Morgan fingerprint density at radius 2 is 1.88 bits per heavy atom. The minimum absolute atomic E-state index is 0.277. The molecular weight excluding hydrogens is 328 g/mol. The van der Waals surface area contributed by atoms with E-state index in [1.165, 1.54) is 6.20 Å². The summed E-state index contributed by atoms with van der Waals surface area (Å²) in [7, 11) is 0. The lowest BCUT2D eigenvalue weighted by Crippen LogP contribution is -2.25. The van der Waals surface area contributed by atoms with Crippen molar-refractivity contribution in [1.82, 2.24) is 29.8 Å². The molecule has 1 aromatic carbocycles. The number of carbonyl (C=O) groups is 1. The number of nitrogens with zero attached hydrogens (tertiary/aromatic N) is 5. The van der Waals surface area contributed by atoms with Crippen molar-refractivity contribution in [2.24, 2.45) is 0 Å². The predicted molar refractivity (Wildman–Crippen MR) is 96.8 cm³/mol. The topological polar surface area (TPSA) is 85.6 Å². The van der Waals surface area contributed by atoms with E-state index in [0.29, 0.717) is 12.1 Å². The molecule has 0 unspecified atom stereocenters. The molecule has 0 aliphatic rings. The molecule has 26 heavy (non-hydrogen) atoms. The van der Waals surface area contributed by atoms with Gasteiger partial charge >= 0.3 is 0 Å². The van der Waals surface area contributed by atoms with E-state index in [0.717, 1.165) is 22.7 Å². The molecule has 128 valence electrons. The number of hydrogen-bond donors (Lipinski definition) is 1. The van der Waals surface area contributed by atoms with Gasteiger partial charge in [0.15, 0.2) is 0 Å². The highest BCUT2D eigenvalue weighted by Crippen LogP contribution is 2.13. The molecule has 4 aromatic rings. The quantitative estimate of drug-likeness (QED) is 0.614. The van der Waals surface area contributed by atoms with Crippen LogP contribution in [0, 0.1) is 6.92 Å². The molecule has 7 nitrogen and oxygen atoms in total. The highest BCUT2D eigenvalue weighted by atomic mass is 16.1. The van der Waals surface area contributed by atoms with Gasteiger partial charge in [0.25, 0.3) is 5.91 Å². The van der Waals surface area contributed by atoms with Crippen LogP contribution < -0.4 is 5.32 Å². The minimum atomic E-state index is -0.277. The van der Waals surface area contributed by atoms with Crippen molar-refractivity contribution in [3.05, 3.63) is 78.3 Å². The van der Waals surface area contributed by atoms with Gasteiger partial charge in [-0.2, -0.15) is 0 Å². The number of hydrogen-bond acceptors (Lipinski definition) is 5. The standard InChI is InChI=1S/C19H16N6O/c1-13-20-9-10-25(13)18-14(5-4-8-21-18)11-23-19(26)17-12-22-15-6-2-3-7-16(15)24-17/h2-10,12H,11H2,1H3,(H,23,26). The Morgan fingerprint density at radius 3 is 2.69 bits per heavy atom. The second-order valence-electron chi connectivity index (χ2n) is 5.76. The molecule has 3 heterocycles. The Kier molecular flexibility index (Phi) is 4.10. The van der Waals surface area contributed by atoms with Crippen LogP contribution in [0.1, 0.15) is 21.9 Å². The summed E-state index contributed by atoms with van der Waals surface area (Å²) in [5.41, 5.74) is 2.62. The molecule has 0 aliphatic heterocycles. The summed E-state index contributed by atoms with van der Waals surface area (Å²) < 4.78 is 1.89. The van der Waals surface area contributed by atoms with E-state index in [1.54, 1.807) is 12.4 Å². The average molecular weight is 344 g/mol. The smallest absolute Gasteiger partial charge is 0.271 e. The Morgan fingerprint density at radius 1 is 1.04 bits per heavy atom. The molecule has 0 fully saturated rings. The summed E-state index contributed by atoms with van der Waals surface area (Å²) in [4.78, 5) is 29.8. The van der Waals surface area contributed by atoms with E-state index in [4.69, 9.17) is 0 Å². The SMILES string of the molecule is Cc1nccn1-c1ncccc1CNC(=O)c1cnc2ccccc2n1. The number of carbonyl (C=O) groups excluding carboxylic acids is 1. The maximum atomic E-state index is 12.5. The van der Waals surface area contributed by atoms with Gasteiger partial charge in [-0.15, -0.1) is 0 Å². The number of fused-ring (bicyclic) bond motifs is 1. The number of aryl methyl sites for hydroxylation is 1. The van der Waals surface area contributed by atoms with Crippen LogP contribution in [0.4, 0.5) is 0 Å². The first kappa shape index (κ1) is 15.9. The van der Waals surface area contributed by atoms with Gasteiger partial charge < -0.3 is 5.32 Å². The number of rotatable bonds is 4. The molecule has 0 spiro atoms. The number of nitrogens with one attached hydrogen (secondary N) is 1. The first-order chi connectivity index (χ1) is 12.7. The van der Waals surface area contributed by atoms with Crippen LogP contribution in [0.2, 0.25) is 0 Å². The maximum absolute atomic E-state index is 12.5. The summed E-state index contributed by atoms with van der Waals surface area (Å²) in [5.74, 6) is 1.30. The van der Waals surface area contributed by atoms with Crippen LogP contribution in [0.3, 0.4) is 0 Å². The molecule has 0 aliphatic carbocycles. The fourth-order valence-electron chi connectivity index (χ4n) is 2.72. The number of pyridine rings is 1. The molecule has 1 amide bonds. The molecule has 3 aromatic heterocycles. The molecule has 7 heteroatoms. The zero-order chi connectivity index (χ0) is 17.9. The van der Waals surface area contributed by atoms with Crippen LogP contribution >= 0.6 is 0 Å². The maximum Gasteiger partial charge on any atom is 0.271 e. The molecule has 0 radical (unpaired) electrons. The Bertz CT molecular complexity index is 1090. The van der Waals surface area contributed by atoms with E-state index in [1.807, 2.05) is 54.1 Å². The highest BCUT2D eigenvalue weighted by molar-refractivity contribution is 5.93. The van der Waals surface area contributed by atoms with Crippen LogP contribution in [0.15, 0.2) is 61.2 Å². The second-order valence-corrected chi connectivity index (χ2v) is 5.76. The Hall–Kier alpha value is -3.61. The van der Waals surface area contributed by atoms with Crippen LogP contribution in [0.5, 0.6) is 0 Å². The molecule has 0 atom stereocenters. The van der Waals surface area contributed by atoms with E-state index in [2.05, 4.69) is 25.3 Å². The zero-order valence-electron chi connectivity index (χ0n) is 14.1. The van der Waals surface area contributed by atoms with Crippen LogP contribution in [0.25, 0.3) is 16.9 Å². The van der Waals surface area contributed by atoms with Crippen molar-refractivity contribution >= 4 is 16.9 Å². The van der Waals surface area contributed by atoms with E-state index < -0.39 is 0 Å².